The van der Waals surface area contributed by atoms with E-state index in [1.165, 1.54) is 17.6 Å². The first-order chi connectivity index (χ1) is 7.25. The lowest BCUT2D eigenvalue weighted by atomic mass is 9.89. The molecule has 3 rings (SSSR count). The SMILES string of the molecule is Cc1cc(C2=CC[C@H]3CN[C@@H]23)cnc1Cl. The van der Waals surface area contributed by atoms with E-state index in [9.17, 15) is 0 Å². The lowest BCUT2D eigenvalue weighted by Gasteiger charge is -2.34. The second-order valence-corrected chi connectivity index (χ2v) is 4.73. The summed E-state index contributed by atoms with van der Waals surface area (Å²) in [5, 5.41) is 4.07. The number of pyridine rings is 1. The minimum Gasteiger partial charge on any atom is -0.309 e. The zero-order chi connectivity index (χ0) is 10.4. The van der Waals surface area contributed by atoms with E-state index in [-0.39, 0.29) is 0 Å². The second kappa shape index (κ2) is 3.32. The van der Waals surface area contributed by atoms with Crippen LogP contribution in [-0.2, 0) is 0 Å². The molecule has 1 aromatic heterocycles. The molecule has 0 saturated carbocycles. The summed E-state index contributed by atoms with van der Waals surface area (Å²) < 4.78 is 0. The molecule has 1 aliphatic carbocycles. The summed E-state index contributed by atoms with van der Waals surface area (Å²) >= 11 is 5.92. The van der Waals surface area contributed by atoms with Gasteiger partial charge in [0.2, 0.25) is 0 Å². The van der Waals surface area contributed by atoms with Crippen molar-refractivity contribution in [2.24, 2.45) is 5.92 Å². The fourth-order valence-electron chi connectivity index (χ4n) is 2.40. The molecule has 2 nitrogen and oxygen atoms in total. The van der Waals surface area contributed by atoms with E-state index in [4.69, 9.17) is 11.6 Å². The van der Waals surface area contributed by atoms with Crippen molar-refractivity contribution in [2.45, 2.75) is 19.4 Å². The predicted octanol–water partition coefficient (Wildman–Crippen LogP) is 2.42. The second-order valence-electron chi connectivity index (χ2n) is 4.37. The molecule has 15 heavy (non-hydrogen) atoms. The zero-order valence-corrected chi connectivity index (χ0v) is 9.38. The summed E-state index contributed by atoms with van der Waals surface area (Å²) in [5.41, 5.74) is 3.67. The Hall–Kier alpha value is -0.860. The number of rotatable bonds is 1. The minimum atomic E-state index is 0.562. The first-order valence-corrected chi connectivity index (χ1v) is 5.69. The normalized spacial score (nSPS) is 28.3. The van der Waals surface area contributed by atoms with Crippen molar-refractivity contribution in [1.82, 2.24) is 10.3 Å². The van der Waals surface area contributed by atoms with Crippen molar-refractivity contribution in [3.05, 3.63) is 34.6 Å². The van der Waals surface area contributed by atoms with E-state index in [0.717, 1.165) is 18.0 Å². The van der Waals surface area contributed by atoms with Crippen LogP contribution >= 0.6 is 11.6 Å². The molecule has 2 aliphatic rings. The van der Waals surface area contributed by atoms with E-state index in [2.05, 4.69) is 22.4 Å². The van der Waals surface area contributed by atoms with Crippen LogP contribution in [0.15, 0.2) is 18.3 Å². The van der Waals surface area contributed by atoms with Crippen LogP contribution in [0.4, 0.5) is 0 Å². The van der Waals surface area contributed by atoms with Crippen LogP contribution in [0.2, 0.25) is 5.15 Å². The quantitative estimate of drug-likeness (QED) is 0.736. The highest BCUT2D eigenvalue weighted by molar-refractivity contribution is 6.30. The van der Waals surface area contributed by atoms with Gasteiger partial charge in [0.05, 0.1) is 0 Å². The third kappa shape index (κ3) is 1.40. The average Bonchev–Trinajstić information content (AvgIpc) is 2.46. The fraction of sp³-hybridized carbons (Fsp3) is 0.417. The molecular formula is C12H13ClN2. The van der Waals surface area contributed by atoms with Gasteiger partial charge in [-0.05, 0) is 42.0 Å². The molecule has 0 amide bonds. The van der Waals surface area contributed by atoms with Crippen molar-refractivity contribution in [2.75, 3.05) is 6.54 Å². The summed E-state index contributed by atoms with van der Waals surface area (Å²) in [7, 11) is 0. The topological polar surface area (TPSA) is 24.9 Å². The molecule has 0 radical (unpaired) electrons. The molecular weight excluding hydrogens is 208 g/mol. The molecule has 0 aromatic carbocycles. The standard InChI is InChI=1S/C12H13ClN2/c1-7-4-9(6-15-12(7)13)10-3-2-8-5-14-11(8)10/h3-4,6,8,11,14H,2,5H2,1H3/t8-,11+/m0/s1. The van der Waals surface area contributed by atoms with Crippen LogP contribution in [0.5, 0.6) is 0 Å². The lowest BCUT2D eigenvalue weighted by Crippen LogP contribution is -2.50. The van der Waals surface area contributed by atoms with Gasteiger partial charge in [0.25, 0.3) is 0 Å². The summed E-state index contributed by atoms with van der Waals surface area (Å²) in [6.07, 6.45) is 5.41. The van der Waals surface area contributed by atoms with E-state index in [0.29, 0.717) is 11.2 Å². The number of halogens is 1. The molecule has 0 unspecified atom stereocenters. The van der Waals surface area contributed by atoms with Gasteiger partial charge in [-0.2, -0.15) is 0 Å². The fourth-order valence-corrected chi connectivity index (χ4v) is 2.51. The van der Waals surface area contributed by atoms with Gasteiger partial charge in [-0.1, -0.05) is 17.7 Å². The first-order valence-electron chi connectivity index (χ1n) is 5.31. The largest absolute Gasteiger partial charge is 0.309 e. The van der Waals surface area contributed by atoms with Crippen molar-refractivity contribution in [3.63, 3.8) is 0 Å². The monoisotopic (exact) mass is 220 g/mol. The van der Waals surface area contributed by atoms with Crippen LogP contribution in [0.25, 0.3) is 5.57 Å². The predicted molar refractivity (Wildman–Crippen MR) is 61.9 cm³/mol. The molecule has 1 aliphatic heterocycles. The molecule has 1 saturated heterocycles. The van der Waals surface area contributed by atoms with Crippen molar-refractivity contribution < 1.29 is 0 Å². The maximum absolute atomic E-state index is 5.92. The number of fused-ring (bicyclic) bond motifs is 1. The minimum absolute atomic E-state index is 0.562. The van der Waals surface area contributed by atoms with Gasteiger partial charge in [0.1, 0.15) is 5.15 Å². The average molecular weight is 221 g/mol. The van der Waals surface area contributed by atoms with E-state index in [1.807, 2.05) is 13.1 Å². The molecule has 78 valence electrons. The molecule has 1 fully saturated rings. The number of aromatic nitrogens is 1. The smallest absolute Gasteiger partial charge is 0.131 e. The van der Waals surface area contributed by atoms with Crippen molar-refractivity contribution >= 4 is 17.2 Å². The molecule has 1 N–H and O–H groups in total. The maximum Gasteiger partial charge on any atom is 0.131 e. The summed E-state index contributed by atoms with van der Waals surface area (Å²) in [5.74, 6) is 0.816. The van der Waals surface area contributed by atoms with Gasteiger partial charge in [0.15, 0.2) is 0 Å². The Kier molecular flexibility index (Phi) is 2.08. The Morgan fingerprint density at radius 2 is 2.40 bits per heavy atom. The Morgan fingerprint density at radius 3 is 3.00 bits per heavy atom. The van der Waals surface area contributed by atoms with Crippen LogP contribution < -0.4 is 5.32 Å². The van der Waals surface area contributed by atoms with E-state index in [1.54, 1.807) is 0 Å². The van der Waals surface area contributed by atoms with Gasteiger partial charge >= 0.3 is 0 Å². The van der Waals surface area contributed by atoms with Gasteiger partial charge < -0.3 is 5.32 Å². The number of hydrogen-bond acceptors (Lipinski definition) is 2. The third-order valence-corrected chi connectivity index (χ3v) is 3.79. The summed E-state index contributed by atoms with van der Waals surface area (Å²) in [4.78, 5) is 4.20. The van der Waals surface area contributed by atoms with Gasteiger partial charge in [-0.25, -0.2) is 4.98 Å². The van der Waals surface area contributed by atoms with E-state index < -0.39 is 0 Å². The van der Waals surface area contributed by atoms with Gasteiger partial charge in [0, 0.05) is 18.8 Å². The highest BCUT2D eigenvalue weighted by Gasteiger charge is 2.37. The molecule has 0 spiro atoms. The van der Waals surface area contributed by atoms with Gasteiger partial charge in [-0.3, -0.25) is 0 Å². The highest BCUT2D eigenvalue weighted by Crippen LogP contribution is 2.37. The number of nitrogens with zero attached hydrogens (tertiary/aromatic N) is 1. The van der Waals surface area contributed by atoms with Crippen molar-refractivity contribution in [1.29, 1.82) is 0 Å². The number of aryl methyl sites for hydroxylation is 1. The van der Waals surface area contributed by atoms with Crippen LogP contribution in [-0.4, -0.2) is 17.6 Å². The molecule has 0 bridgehead atoms. The lowest BCUT2D eigenvalue weighted by molar-refractivity contribution is 0.307. The Labute approximate surface area is 94.4 Å². The zero-order valence-electron chi connectivity index (χ0n) is 8.63. The molecule has 1 aromatic rings. The molecule has 2 atom stereocenters. The van der Waals surface area contributed by atoms with Crippen LogP contribution in [0.3, 0.4) is 0 Å². The Balaban J connectivity index is 1.96. The third-order valence-electron chi connectivity index (χ3n) is 3.39. The van der Waals surface area contributed by atoms with Crippen molar-refractivity contribution in [3.8, 4) is 0 Å². The number of hydrogen-bond donors (Lipinski definition) is 1. The molecule has 2 heterocycles. The number of allylic oxidation sites excluding steroid dienone is 1. The van der Waals surface area contributed by atoms with Crippen LogP contribution in [0, 0.1) is 12.8 Å². The molecule has 3 heteroatoms. The Morgan fingerprint density at radius 1 is 1.53 bits per heavy atom. The maximum atomic E-state index is 5.92. The summed E-state index contributed by atoms with van der Waals surface area (Å²) in [6, 6.07) is 2.69. The first kappa shape index (κ1) is 9.37. The van der Waals surface area contributed by atoms with Crippen LogP contribution in [0.1, 0.15) is 17.5 Å². The Bertz CT molecular complexity index is 439. The van der Waals surface area contributed by atoms with Gasteiger partial charge in [-0.15, -0.1) is 0 Å². The highest BCUT2D eigenvalue weighted by atomic mass is 35.5. The van der Waals surface area contributed by atoms with E-state index >= 15 is 0 Å². The summed E-state index contributed by atoms with van der Waals surface area (Å²) in [6.45, 7) is 3.16. The number of nitrogens with one attached hydrogen (secondary N) is 1.